The number of para-hydroxylation sites is 1. The first-order valence-electron chi connectivity index (χ1n) is 10.7. The van der Waals surface area contributed by atoms with Gasteiger partial charge in [0.1, 0.15) is 12.1 Å². The number of halogens is 4. The molecule has 0 aliphatic carbocycles. The minimum Gasteiger partial charge on any atom is -0.405 e. The third-order valence-electron chi connectivity index (χ3n) is 5.25. The van der Waals surface area contributed by atoms with E-state index < -0.39 is 6.36 Å². The summed E-state index contributed by atoms with van der Waals surface area (Å²) < 4.78 is 42.3. The summed E-state index contributed by atoms with van der Waals surface area (Å²) in [6.45, 7) is 0.859. The number of anilines is 1. The lowest BCUT2D eigenvalue weighted by molar-refractivity contribution is -0.274. The third-order valence-corrected chi connectivity index (χ3v) is 5.56. The standard InChI is InChI=1S/C22H24ClF3N6O3/c23-19-11-15(8-9-17(19)18-6-1-2-7-20(18)35-22(24,25)26)30-34-13-16-5-3-4-10-32(16)21(33)12-28-14-29-31-27/h1-2,6-9,11,14,16,30H,3-5,10,12-13H2,(H2,27,28,29)/t16-/m1/s1. The average Bonchev–Trinajstić information content (AvgIpc) is 2.82. The first kappa shape index (κ1) is 26.2. The first-order chi connectivity index (χ1) is 16.8. The maximum Gasteiger partial charge on any atom is 0.573 e. The molecule has 3 N–H and O–H groups in total. The molecular weight excluding hydrogens is 489 g/mol. The van der Waals surface area contributed by atoms with Gasteiger partial charge in [-0.1, -0.05) is 41.1 Å². The topological polar surface area (TPSA) is 111 Å². The summed E-state index contributed by atoms with van der Waals surface area (Å²) in [4.78, 5) is 19.8. The Morgan fingerprint density at radius 2 is 2.03 bits per heavy atom. The number of hydrogen-bond acceptors (Lipinski definition) is 6. The van der Waals surface area contributed by atoms with E-state index in [1.54, 1.807) is 23.1 Å². The summed E-state index contributed by atoms with van der Waals surface area (Å²) in [7, 11) is 0. The van der Waals surface area contributed by atoms with Crippen molar-refractivity contribution in [2.24, 2.45) is 10.3 Å². The fourth-order valence-electron chi connectivity index (χ4n) is 3.73. The molecule has 1 heterocycles. The minimum absolute atomic E-state index is 0.0273. The highest BCUT2D eigenvalue weighted by molar-refractivity contribution is 6.33. The summed E-state index contributed by atoms with van der Waals surface area (Å²) in [5.74, 6) is -0.474. The number of ether oxygens (including phenoxy) is 1. The van der Waals surface area contributed by atoms with Crippen LogP contribution in [-0.2, 0) is 9.63 Å². The molecule has 0 radical (unpaired) electrons. The Bertz CT molecular complexity index is 1050. The number of amides is 1. The van der Waals surface area contributed by atoms with Crippen molar-refractivity contribution in [3.05, 3.63) is 47.5 Å². The Balaban J connectivity index is 1.60. The molecular formula is C22H24ClF3N6O3. The van der Waals surface area contributed by atoms with Crippen LogP contribution < -0.4 is 15.5 Å². The van der Waals surface area contributed by atoms with E-state index in [1.165, 1.54) is 30.6 Å². The van der Waals surface area contributed by atoms with Crippen LogP contribution in [0.1, 0.15) is 19.3 Å². The minimum atomic E-state index is -4.83. The van der Waals surface area contributed by atoms with Crippen LogP contribution in [0.5, 0.6) is 5.75 Å². The number of piperidine rings is 1. The van der Waals surface area contributed by atoms with Crippen molar-refractivity contribution in [3.63, 3.8) is 0 Å². The SMILES string of the molecule is N=N/N=C\NCC(=O)N1CCCC[C@@H]1CONc1ccc(-c2ccccc2OC(F)(F)F)c(Cl)c1. The highest BCUT2D eigenvalue weighted by Crippen LogP contribution is 2.38. The molecule has 1 amide bonds. The Morgan fingerprint density at radius 3 is 2.77 bits per heavy atom. The van der Waals surface area contributed by atoms with Crippen LogP contribution in [0.3, 0.4) is 0 Å². The highest BCUT2D eigenvalue weighted by atomic mass is 35.5. The molecule has 188 valence electrons. The lowest BCUT2D eigenvalue weighted by Gasteiger charge is -2.35. The Morgan fingerprint density at radius 1 is 1.23 bits per heavy atom. The first-order valence-corrected chi connectivity index (χ1v) is 11.1. The van der Waals surface area contributed by atoms with Crippen molar-refractivity contribution < 1.29 is 27.5 Å². The average molecular weight is 513 g/mol. The van der Waals surface area contributed by atoms with Crippen molar-refractivity contribution in [2.45, 2.75) is 31.7 Å². The number of nitrogens with one attached hydrogen (secondary N) is 3. The number of rotatable bonds is 10. The van der Waals surface area contributed by atoms with Crippen LogP contribution in [0, 0.1) is 5.53 Å². The quantitative estimate of drug-likeness (QED) is 0.175. The largest absolute Gasteiger partial charge is 0.573 e. The fraction of sp³-hybridized carbons (Fsp3) is 0.364. The molecule has 0 bridgehead atoms. The van der Waals surface area contributed by atoms with Gasteiger partial charge in [-0.05, 0) is 37.5 Å². The predicted octanol–water partition coefficient (Wildman–Crippen LogP) is 5.19. The molecule has 3 rings (SSSR count). The summed E-state index contributed by atoms with van der Waals surface area (Å²) in [6, 6.07) is 10.3. The van der Waals surface area contributed by atoms with Crippen molar-refractivity contribution >= 4 is 29.5 Å². The van der Waals surface area contributed by atoms with Crippen molar-refractivity contribution in [1.29, 1.82) is 5.53 Å². The summed E-state index contributed by atoms with van der Waals surface area (Å²) in [5, 5.41) is 9.04. The summed E-state index contributed by atoms with van der Waals surface area (Å²) in [6.07, 6.45) is -1.01. The number of carbonyl (C=O) groups excluding carboxylic acids is 1. The second-order valence-electron chi connectivity index (χ2n) is 7.61. The molecule has 0 unspecified atom stereocenters. The van der Waals surface area contributed by atoms with Gasteiger partial charge in [-0.3, -0.25) is 15.1 Å². The van der Waals surface area contributed by atoms with Crippen LogP contribution in [0.15, 0.2) is 52.8 Å². The molecule has 1 aliphatic heterocycles. The lowest BCUT2D eigenvalue weighted by atomic mass is 10.0. The number of alkyl halides is 3. The highest BCUT2D eigenvalue weighted by Gasteiger charge is 2.32. The molecule has 1 atom stereocenters. The van der Waals surface area contributed by atoms with Gasteiger partial charge < -0.3 is 15.0 Å². The van der Waals surface area contributed by atoms with Gasteiger partial charge >= 0.3 is 6.36 Å². The molecule has 13 heteroatoms. The molecule has 2 aromatic rings. The van der Waals surface area contributed by atoms with Crippen molar-refractivity contribution in [2.75, 3.05) is 25.2 Å². The monoisotopic (exact) mass is 512 g/mol. The van der Waals surface area contributed by atoms with Gasteiger partial charge in [0.25, 0.3) is 0 Å². The van der Waals surface area contributed by atoms with Crippen LogP contribution in [0.4, 0.5) is 18.9 Å². The molecule has 1 aliphatic rings. The Labute approximate surface area is 204 Å². The zero-order valence-corrected chi connectivity index (χ0v) is 19.3. The van der Waals surface area contributed by atoms with Gasteiger partial charge in [0.2, 0.25) is 5.91 Å². The van der Waals surface area contributed by atoms with E-state index >= 15 is 0 Å². The predicted molar refractivity (Wildman–Crippen MR) is 124 cm³/mol. The van der Waals surface area contributed by atoms with Crippen LogP contribution in [0.25, 0.3) is 11.1 Å². The van der Waals surface area contributed by atoms with Gasteiger partial charge in [-0.25, -0.2) is 0 Å². The zero-order valence-electron chi connectivity index (χ0n) is 18.5. The number of benzene rings is 2. The number of carbonyl (C=O) groups is 1. The van der Waals surface area contributed by atoms with E-state index in [1.807, 2.05) is 0 Å². The summed E-state index contributed by atoms with van der Waals surface area (Å²) >= 11 is 6.35. The van der Waals surface area contributed by atoms with Gasteiger partial charge in [0.15, 0.2) is 0 Å². The maximum absolute atomic E-state index is 12.7. The molecule has 2 aromatic carbocycles. The smallest absolute Gasteiger partial charge is 0.405 e. The number of hydrogen-bond donors (Lipinski definition) is 3. The molecule has 9 nitrogen and oxygen atoms in total. The van der Waals surface area contributed by atoms with Crippen LogP contribution in [-0.4, -0.2) is 49.2 Å². The van der Waals surface area contributed by atoms with Crippen LogP contribution >= 0.6 is 11.6 Å². The van der Waals surface area contributed by atoms with Gasteiger partial charge in [-0.2, -0.15) is 5.53 Å². The molecule has 35 heavy (non-hydrogen) atoms. The Kier molecular flexibility index (Phi) is 9.26. The second kappa shape index (κ2) is 12.4. The third kappa shape index (κ3) is 7.82. The zero-order chi connectivity index (χ0) is 25.3. The van der Waals surface area contributed by atoms with Crippen LogP contribution in [0.2, 0.25) is 5.02 Å². The fourth-order valence-corrected chi connectivity index (χ4v) is 4.01. The van der Waals surface area contributed by atoms with E-state index in [2.05, 4.69) is 25.9 Å². The molecule has 0 spiro atoms. The van der Waals surface area contributed by atoms with Gasteiger partial charge in [-0.15, -0.1) is 18.3 Å². The number of likely N-dealkylation sites (tertiary alicyclic amines) is 1. The second-order valence-corrected chi connectivity index (χ2v) is 8.02. The van der Waals surface area contributed by atoms with E-state index in [-0.39, 0.29) is 41.4 Å². The Hall–Kier alpha value is -3.38. The molecule has 0 aromatic heterocycles. The normalized spacial score (nSPS) is 16.2. The van der Waals surface area contributed by atoms with Gasteiger partial charge in [0.05, 0.1) is 29.9 Å². The van der Waals surface area contributed by atoms with Gasteiger partial charge in [0, 0.05) is 17.7 Å². The molecule has 0 saturated carbocycles. The molecule has 1 fully saturated rings. The lowest BCUT2D eigenvalue weighted by Crippen LogP contribution is -2.49. The van der Waals surface area contributed by atoms with Crippen molar-refractivity contribution in [3.8, 4) is 16.9 Å². The number of nitrogens with zero attached hydrogens (tertiary/aromatic N) is 3. The maximum atomic E-state index is 12.7. The van der Waals surface area contributed by atoms with Crippen molar-refractivity contribution in [1.82, 2.24) is 10.2 Å². The van der Waals surface area contributed by atoms with E-state index in [4.69, 9.17) is 22.0 Å². The van der Waals surface area contributed by atoms with E-state index in [9.17, 15) is 18.0 Å². The molecule has 1 saturated heterocycles. The van der Waals surface area contributed by atoms with E-state index in [0.717, 1.165) is 19.3 Å². The summed E-state index contributed by atoms with van der Waals surface area (Å²) in [5.41, 5.74) is 10.4. The van der Waals surface area contributed by atoms with E-state index in [0.29, 0.717) is 17.8 Å².